The maximum Gasteiger partial charge on any atom is 0.250 e. The van der Waals surface area contributed by atoms with Crippen LogP contribution in [-0.2, 0) is 7.05 Å². The monoisotopic (exact) mass is 617 g/mol. The number of pyridine rings is 1. The summed E-state index contributed by atoms with van der Waals surface area (Å²) in [7, 11) is 3.16. The first-order valence-corrected chi connectivity index (χ1v) is 15.3. The van der Waals surface area contributed by atoms with Crippen LogP contribution in [0.2, 0.25) is 0 Å². The number of allylic oxidation sites excluding steroid dienone is 2. The molecule has 1 aromatic carbocycles. The van der Waals surface area contributed by atoms with Gasteiger partial charge in [-0.2, -0.15) is 5.10 Å². The standard InChI is InChI=1S/C33H39F2N7O.C2H6/c1-9-28(36-17-19(2)3)21(5)31(23-10-11-23)33(38-29-14-20(4)39-40-29)37-22(6)42(8)32-26(34)15-25(16-27(32)35)24-12-13-30(43)41(7)18-24;1-2/h9,12-19,23H,5,10-11H2,1-4,6-8H3,(H2,38,39,40);1-2H3/b28-9-,33-31-,36-17?,37-22+;. The normalized spacial score (nSPS) is 14.3. The molecule has 3 aromatic rings. The molecule has 1 fully saturated rings. The molecule has 1 aliphatic carbocycles. The summed E-state index contributed by atoms with van der Waals surface area (Å²) in [6.45, 7) is 18.0. The maximum atomic E-state index is 15.5. The Morgan fingerprint density at radius 1 is 1.18 bits per heavy atom. The van der Waals surface area contributed by atoms with Gasteiger partial charge in [0.1, 0.15) is 17.3 Å². The van der Waals surface area contributed by atoms with Gasteiger partial charge in [-0.15, -0.1) is 0 Å². The van der Waals surface area contributed by atoms with Crippen molar-refractivity contribution in [1.29, 1.82) is 0 Å². The van der Waals surface area contributed by atoms with Gasteiger partial charge in [0.15, 0.2) is 17.5 Å². The lowest BCUT2D eigenvalue weighted by Gasteiger charge is -2.23. The first kappa shape index (κ1) is 34.9. The molecule has 4 rings (SSSR count). The largest absolute Gasteiger partial charge is 0.328 e. The number of aliphatic imine (C=N–C) groups is 2. The second-order valence-electron chi connectivity index (χ2n) is 11.1. The van der Waals surface area contributed by atoms with Gasteiger partial charge in [0.2, 0.25) is 5.56 Å². The average molecular weight is 618 g/mol. The van der Waals surface area contributed by atoms with E-state index in [1.807, 2.05) is 46.1 Å². The molecule has 0 aliphatic heterocycles. The van der Waals surface area contributed by atoms with E-state index in [4.69, 9.17) is 4.99 Å². The van der Waals surface area contributed by atoms with Gasteiger partial charge in [0, 0.05) is 49.9 Å². The van der Waals surface area contributed by atoms with Crippen molar-refractivity contribution in [2.24, 2.45) is 28.9 Å². The van der Waals surface area contributed by atoms with Crippen LogP contribution >= 0.6 is 0 Å². The van der Waals surface area contributed by atoms with E-state index >= 15 is 8.78 Å². The molecular formula is C35H45F2N7O. The molecule has 8 nitrogen and oxygen atoms in total. The van der Waals surface area contributed by atoms with Gasteiger partial charge >= 0.3 is 0 Å². The molecule has 0 amide bonds. The van der Waals surface area contributed by atoms with Crippen molar-refractivity contribution in [2.75, 3.05) is 17.3 Å². The van der Waals surface area contributed by atoms with E-state index in [0.717, 1.165) is 35.4 Å². The summed E-state index contributed by atoms with van der Waals surface area (Å²) in [5.41, 5.74) is 3.61. The summed E-state index contributed by atoms with van der Waals surface area (Å²) < 4.78 is 32.4. The van der Waals surface area contributed by atoms with Gasteiger partial charge in [-0.1, -0.05) is 40.3 Å². The quantitative estimate of drug-likeness (QED) is 0.136. The van der Waals surface area contributed by atoms with E-state index in [2.05, 4.69) is 40.9 Å². The molecule has 240 valence electrons. The number of rotatable bonds is 10. The third kappa shape index (κ3) is 8.74. The first-order chi connectivity index (χ1) is 21.4. The molecule has 0 radical (unpaired) electrons. The SMILES string of the molecule is C=C(/C(=C/C)N=CC(C)C)/C(=C(\N=C(/C)N(C)c1c(F)cc(-c2ccc(=O)n(C)c2)cc1F)Nc1cc(C)[nH]n1)C1CC1.CC. The van der Waals surface area contributed by atoms with E-state index in [-0.39, 0.29) is 23.1 Å². The highest BCUT2D eigenvalue weighted by molar-refractivity contribution is 5.97. The summed E-state index contributed by atoms with van der Waals surface area (Å²) in [6, 6.07) is 7.27. The highest BCUT2D eigenvalue weighted by Crippen LogP contribution is 2.44. The number of nitrogens with zero attached hydrogens (tertiary/aromatic N) is 5. The zero-order chi connectivity index (χ0) is 33.4. The summed E-state index contributed by atoms with van der Waals surface area (Å²) in [4.78, 5) is 22.7. The van der Waals surface area contributed by atoms with Gasteiger partial charge < -0.3 is 14.8 Å². The van der Waals surface area contributed by atoms with Crippen LogP contribution in [0.5, 0.6) is 0 Å². The van der Waals surface area contributed by atoms with Gasteiger partial charge in [-0.25, -0.2) is 13.8 Å². The molecule has 10 heteroatoms. The molecule has 0 unspecified atom stereocenters. The van der Waals surface area contributed by atoms with Crippen molar-refractivity contribution in [3.63, 3.8) is 0 Å². The highest BCUT2D eigenvalue weighted by Gasteiger charge is 2.32. The molecule has 45 heavy (non-hydrogen) atoms. The number of aryl methyl sites for hydroxylation is 2. The van der Waals surface area contributed by atoms with Gasteiger partial charge in [0.05, 0.1) is 5.70 Å². The number of H-pyrrole nitrogens is 1. The number of hydrogen-bond donors (Lipinski definition) is 2. The average Bonchev–Trinajstić information content (AvgIpc) is 3.74. The van der Waals surface area contributed by atoms with E-state index < -0.39 is 11.6 Å². The Bertz CT molecular complexity index is 1680. The lowest BCUT2D eigenvalue weighted by molar-refractivity contribution is 0.585. The minimum absolute atomic E-state index is 0.204. The van der Waals surface area contributed by atoms with Crippen LogP contribution in [0.25, 0.3) is 11.1 Å². The number of aromatic amines is 1. The molecule has 1 saturated carbocycles. The van der Waals surface area contributed by atoms with Crippen molar-refractivity contribution in [1.82, 2.24) is 14.8 Å². The van der Waals surface area contributed by atoms with Crippen LogP contribution in [0.1, 0.15) is 60.1 Å². The lowest BCUT2D eigenvalue weighted by atomic mass is 9.99. The van der Waals surface area contributed by atoms with Crippen molar-refractivity contribution >= 4 is 23.6 Å². The van der Waals surface area contributed by atoms with Crippen LogP contribution < -0.4 is 15.8 Å². The number of aromatic nitrogens is 3. The third-order valence-corrected chi connectivity index (χ3v) is 7.14. The summed E-state index contributed by atoms with van der Waals surface area (Å²) in [6.07, 6.45) is 7.26. The molecule has 2 aromatic heterocycles. The lowest BCUT2D eigenvalue weighted by Crippen LogP contribution is -2.26. The van der Waals surface area contributed by atoms with Crippen LogP contribution in [0, 0.1) is 30.4 Å². The van der Waals surface area contributed by atoms with Crippen LogP contribution in [0.4, 0.5) is 20.3 Å². The van der Waals surface area contributed by atoms with Gasteiger partial charge in [-0.3, -0.25) is 14.9 Å². The fourth-order valence-electron chi connectivity index (χ4n) is 4.62. The number of anilines is 2. The van der Waals surface area contributed by atoms with E-state index in [0.29, 0.717) is 28.6 Å². The minimum atomic E-state index is -0.756. The molecular weight excluding hydrogens is 572 g/mol. The molecule has 0 spiro atoms. The Morgan fingerprint density at radius 2 is 1.82 bits per heavy atom. The second-order valence-corrected chi connectivity index (χ2v) is 11.1. The number of benzene rings is 1. The van der Waals surface area contributed by atoms with Crippen LogP contribution in [0.3, 0.4) is 0 Å². The van der Waals surface area contributed by atoms with Gasteiger partial charge in [-0.05, 0) is 80.3 Å². The number of hydrogen-bond acceptors (Lipinski definition) is 5. The summed E-state index contributed by atoms with van der Waals surface area (Å²) >= 11 is 0. The molecule has 2 N–H and O–H groups in total. The van der Waals surface area contributed by atoms with E-state index in [9.17, 15) is 4.79 Å². The fraction of sp³-hybridized carbons (Fsp3) is 0.371. The number of halogens is 2. The highest BCUT2D eigenvalue weighted by atomic mass is 19.1. The van der Waals surface area contributed by atoms with Gasteiger partial charge in [0.25, 0.3) is 0 Å². The Kier molecular flexibility index (Phi) is 11.9. The predicted molar refractivity (Wildman–Crippen MR) is 183 cm³/mol. The maximum absolute atomic E-state index is 15.5. The first-order valence-electron chi connectivity index (χ1n) is 15.3. The topological polar surface area (TPSA) is 90.7 Å². The number of amidine groups is 1. The van der Waals surface area contributed by atoms with Crippen molar-refractivity contribution in [3.8, 4) is 11.1 Å². The summed E-state index contributed by atoms with van der Waals surface area (Å²) in [5.74, 6) is 0.354. The zero-order valence-electron chi connectivity index (χ0n) is 27.8. The van der Waals surface area contributed by atoms with Crippen LogP contribution in [-0.4, -0.2) is 33.9 Å². The fourth-order valence-corrected chi connectivity index (χ4v) is 4.62. The Balaban J connectivity index is 0.00000271. The Labute approximate surface area is 265 Å². The van der Waals surface area contributed by atoms with Crippen molar-refractivity contribution in [2.45, 2.75) is 61.3 Å². The molecule has 0 saturated heterocycles. The van der Waals surface area contributed by atoms with Crippen molar-refractivity contribution < 1.29 is 8.78 Å². The van der Waals surface area contributed by atoms with Crippen LogP contribution in [0.15, 0.2) is 86.6 Å². The molecule has 2 heterocycles. The van der Waals surface area contributed by atoms with E-state index in [1.165, 1.54) is 27.7 Å². The zero-order valence-corrected chi connectivity index (χ0v) is 27.8. The van der Waals surface area contributed by atoms with E-state index in [1.54, 1.807) is 33.3 Å². The smallest absolute Gasteiger partial charge is 0.250 e. The predicted octanol–water partition coefficient (Wildman–Crippen LogP) is 8.16. The molecule has 0 bridgehead atoms. The third-order valence-electron chi connectivity index (χ3n) is 7.14. The molecule has 1 aliphatic rings. The molecule has 0 atom stereocenters. The minimum Gasteiger partial charge on any atom is -0.328 e. The summed E-state index contributed by atoms with van der Waals surface area (Å²) in [5, 5.41) is 10.6. The second kappa shape index (κ2) is 15.4. The Morgan fingerprint density at radius 3 is 2.33 bits per heavy atom. The van der Waals surface area contributed by atoms with Crippen molar-refractivity contribution in [3.05, 3.63) is 99.5 Å². The number of nitrogens with one attached hydrogen (secondary N) is 2. The Hall–Kier alpha value is -4.60.